The Morgan fingerprint density at radius 2 is 1.82 bits per heavy atom. The van der Waals surface area contributed by atoms with Gasteiger partial charge in [0.05, 0.1) is 23.7 Å². The highest BCUT2D eigenvalue weighted by atomic mass is 16.6. The van der Waals surface area contributed by atoms with Crippen LogP contribution in [0.3, 0.4) is 0 Å². The van der Waals surface area contributed by atoms with Gasteiger partial charge in [0.15, 0.2) is 0 Å². The molecule has 0 radical (unpaired) electrons. The molecule has 28 heavy (non-hydrogen) atoms. The number of benzene rings is 1. The first-order valence-corrected chi connectivity index (χ1v) is 10.0. The van der Waals surface area contributed by atoms with E-state index >= 15 is 0 Å². The molecule has 2 atom stereocenters. The minimum Gasteiger partial charge on any atom is -0.373 e. The first-order valence-electron chi connectivity index (χ1n) is 10.0. The standard InChI is InChI=1S/C20H30N4O4/c1-15-11-23(12-16(2)28-15)13-17-7-9-22(10-8-17)14-20(25)21-18-5-3-4-6-19(18)24(26)27/h3-6,15-17H,7-14H2,1-2H3,(H,21,25). The molecule has 8 nitrogen and oxygen atoms in total. The van der Waals surface area contributed by atoms with Gasteiger partial charge in [0.1, 0.15) is 5.69 Å². The van der Waals surface area contributed by atoms with Crippen LogP contribution in [0.4, 0.5) is 11.4 Å². The quantitative estimate of drug-likeness (QED) is 0.593. The maximum Gasteiger partial charge on any atom is 0.292 e. The summed E-state index contributed by atoms with van der Waals surface area (Å²) in [4.78, 5) is 27.5. The number of rotatable bonds is 6. The fourth-order valence-corrected chi connectivity index (χ4v) is 4.26. The van der Waals surface area contributed by atoms with Crippen LogP contribution in [0.5, 0.6) is 0 Å². The van der Waals surface area contributed by atoms with Gasteiger partial charge < -0.3 is 10.1 Å². The lowest BCUT2D eigenvalue weighted by Crippen LogP contribution is -2.48. The zero-order valence-electron chi connectivity index (χ0n) is 16.7. The average Bonchev–Trinajstić information content (AvgIpc) is 2.63. The lowest BCUT2D eigenvalue weighted by Gasteiger charge is -2.39. The zero-order valence-corrected chi connectivity index (χ0v) is 16.7. The van der Waals surface area contributed by atoms with Crippen LogP contribution in [0.2, 0.25) is 0 Å². The first-order chi connectivity index (χ1) is 13.4. The van der Waals surface area contributed by atoms with Crippen molar-refractivity contribution in [2.75, 3.05) is 44.6 Å². The van der Waals surface area contributed by atoms with Crippen LogP contribution in [0, 0.1) is 16.0 Å². The number of nitrogens with zero attached hydrogens (tertiary/aromatic N) is 3. The molecule has 2 aliphatic rings. The first kappa shape index (κ1) is 20.7. The Labute approximate surface area is 166 Å². The lowest BCUT2D eigenvalue weighted by molar-refractivity contribution is -0.383. The largest absolute Gasteiger partial charge is 0.373 e. The predicted molar refractivity (Wildman–Crippen MR) is 107 cm³/mol. The van der Waals surface area contributed by atoms with Crippen LogP contribution in [-0.4, -0.2) is 72.1 Å². The number of amides is 1. The molecule has 2 heterocycles. The Morgan fingerprint density at radius 3 is 2.46 bits per heavy atom. The zero-order chi connectivity index (χ0) is 20.1. The second-order valence-electron chi connectivity index (χ2n) is 8.02. The van der Waals surface area contributed by atoms with Gasteiger partial charge in [-0.2, -0.15) is 0 Å². The van der Waals surface area contributed by atoms with Gasteiger partial charge in [-0.25, -0.2) is 0 Å². The number of para-hydroxylation sites is 2. The Hall–Kier alpha value is -2.03. The van der Waals surface area contributed by atoms with Crippen molar-refractivity contribution < 1.29 is 14.5 Å². The number of likely N-dealkylation sites (tertiary alicyclic amines) is 1. The van der Waals surface area contributed by atoms with Crippen LogP contribution in [0.15, 0.2) is 24.3 Å². The van der Waals surface area contributed by atoms with Crippen molar-refractivity contribution >= 4 is 17.3 Å². The Bertz CT molecular complexity index is 681. The van der Waals surface area contributed by atoms with E-state index in [0.717, 1.165) is 45.6 Å². The third-order valence-corrected chi connectivity index (χ3v) is 5.46. The van der Waals surface area contributed by atoms with Crippen LogP contribution in [0.1, 0.15) is 26.7 Å². The number of carbonyl (C=O) groups excluding carboxylic acids is 1. The summed E-state index contributed by atoms with van der Waals surface area (Å²) in [5.74, 6) is 0.440. The molecule has 0 spiro atoms. The monoisotopic (exact) mass is 390 g/mol. The van der Waals surface area contributed by atoms with Gasteiger partial charge in [0.25, 0.3) is 5.69 Å². The molecule has 8 heteroatoms. The van der Waals surface area contributed by atoms with E-state index in [2.05, 4.69) is 29.0 Å². The number of ether oxygens (including phenoxy) is 1. The van der Waals surface area contributed by atoms with Gasteiger partial charge in [0.2, 0.25) is 5.91 Å². The van der Waals surface area contributed by atoms with E-state index in [-0.39, 0.29) is 36.0 Å². The van der Waals surface area contributed by atoms with Crippen molar-refractivity contribution in [1.29, 1.82) is 0 Å². The fraction of sp³-hybridized carbons (Fsp3) is 0.650. The summed E-state index contributed by atoms with van der Waals surface area (Å²) >= 11 is 0. The molecular weight excluding hydrogens is 360 g/mol. The van der Waals surface area contributed by atoms with E-state index in [0.29, 0.717) is 5.92 Å². The summed E-state index contributed by atoms with van der Waals surface area (Å²) in [7, 11) is 0. The van der Waals surface area contributed by atoms with E-state index in [1.165, 1.54) is 6.07 Å². The maximum atomic E-state index is 12.3. The molecule has 1 aromatic carbocycles. The predicted octanol–water partition coefficient (Wildman–Crippen LogP) is 2.35. The fourth-order valence-electron chi connectivity index (χ4n) is 4.26. The Kier molecular flexibility index (Phi) is 6.98. The molecule has 3 rings (SSSR count). The number of morpholine rings is 1. The van der Waals surface area contributed by atoms with Crippen molar-refractivity contribution in [2.24, 2.45) is 5.92 Å². The molecule has 1 N–H and O–H groups in total. The third-order valence-electron chi connectivity index (χ3n) is 5.46. The molecule has 2 aliphatic heterocycles. The molecule has 2 unspecified atom stereocenters. The van der Waals surface area contributed by atoms with Crippen molar-refractivity contribution in [3.63, 3.8) is 0 Å². The lowest BCUT2D eigenvalue weighted by atomic mass is 9.95. The number of nitrogens with one attached hydrogen (secondary N) is 1. The summed E-state index contributed by atoms with van der Waals surface area (Å²) in [6.45, 7) is 9.35. The van der Waals surface area contributed by atoms with Crippen LogP contribution in [-0.2, 0) is 9.53 Å². The van der Waals surface area contributed by atoms with E-state index in [1.807, 2.05) is 0 Å². The molecule has 1 amide bonds. The number of nitro benzene ring substituents is 1. The Balaban J connectivity index is 1.43. The average molecular weight is 390 g/mol. The molecule has 2 fully saturated rings. The second kappa shape index (κ2) is 9.45. The Morgan fingerprint density at radius 1 is 1.18 bits per heavy atom. The maximum absolute atomic E-state index is 12.3. The van der Waals surface area contributed by atoms with Crippen molar-refractivity contribution in [3.8, 4) is 0 Å². The number of piperidine rings is 1. The summed E-state index contributed by atoms with van der Waals surface area (Å²) in [6, 6.07) is 6.23. The van der Waals surface area contributed by atoms with E-state index < -0.39 is 4.92 Å². The third kappa shape index (κ3) is 5.73. The minimum absolute atomic E-state index is 0.0801. The van der Waals surface area contributed by atoms with Gasteiger partial charge in [-0.15, -0.1) is 0 Å². The van der Waals surface area contributed by atoms with Crippen LogP contribution >= 0.6 is 0 Å². The SMILES string of the molecule is CC1CN(CC2CCN(CC(=O)Nc3ccccc3[N+](=O)[O-])CC2)CC(C)O1. The summed E-state index contributed by atoms with van der Waals surface area (Å²) < 4.78 is 5.80. The van der Waals surface area contributed by atoms with Gasteiger partial charge >= 0.3 is 0 Å². The molecule has 0 bridgehead atoms. The smallest absolute Gasteiger partial charge is 0.292 e. The second-order valence-corrected chi connectivity index (χ2v) is 8.02. The topological polar surface area (TPSA) is 88.0 Å². The van der Waals surface area contributed by atoms with Gasteiger partial charge in [0, 0.05) is 25.7 Å². The normalized spacial score (nSPS) is 24.8. The molecule has 0 aromatic heterocycles. The highest BCUT2D eigenvalue weighted by Gasteiger charge is 2.27. The molecule has 1 aromatic rings. The summed E-state index contributed by atoms with van der Waals surface area (Å²) in [5.41, 5.74) is 0.173. The number of anilines is 1. The summed E-state index contributed by atoms with van der Waals surface area (Å²) in [6.07, 6.45) is 2.71. The highest BCUT2D eigenvalue weighted by Crippen LogP contribution is 2.24. The highest BCUT2D eigenvalue weighted by molar-refractivity contribution is 5.94. The molecule has 0 saturated carbocycles. The number of hydrogen-bond donors (Lipinski definition) is 1. The van der Waals surface area contributed by atoms with Gasteiger partial charge in [-0.1, -0.05) is 12.1 Å². The summed E-state index contributed by atoms with van der Waals surface area (Å²) in [5, 5.41) is 13.7. The number of hydrogen-bond acceptors (Lipinski definition) is 6. The van der Waals surface area contributed by atoms with Crippen LogP contribution < -0.4 is 5.32 Å². The van der Waals surface area contributed by atoms with Gasteiger partial charge in [-0.05, 0) is 51.8 Å². The molecule has 2 saturated heterocycles. The van der Waals surface area contributed by atoms with Crippen molar-refractivity contribution in [1.82, 2.24) is 9.80 Å². The van der Waals surface area contributed by atoms with E-state index in [4.69, 9.17) is 4.74 Å². The van der Waals surface area contributed by atoms with Gasteiger partial charge in [-0.3, -0.25) is 24.7 Å². The molecule has 154 valence electrons. The number of nitro groups is 1. The van der Waals surface area contributed by atoms with Crippen molar-refractivity contribution in [3.05, 3.63) is 34.4 Å². The molecule has 0 aliphatic carbocycles. The van der Waals surface area contributed by atoms with Crippen LogP contribution in [0.25, 0.3) is 0 Å². The van der Waals surface area contributed by atoms with Crippen molar-refractivity contribution in [2.45, 2.75) is 38.9 Å². The van der Waals surface area contributed by atoms with E-state index in [1.54, 1.807) is 18.2 Å². The number of carbonyl (C=O) groups is 1. The van der Waals surface area contributed by atoms with E-state index in [9.17, 15) is 14.9 Å². The molecular formula is C20H30N4O4. The minimum atomic E-state index is -0.478.